The number of amides is 4. The molecule has 3 aromatic rings. The van der Waals surface area contributed by atoms with Crippen LogP contribution in [0.3, 0.4) is 0 Å². The molecule has 0 saturated carbocycles. The number of methoxy groups -OCH3 is 1. The largest absolute Gasteiger partial charge is 0.497 e. The Labute approximate surface area is 233 Å². The van der Waals surface area contributed by atoms with Gasteiger partial charge in [-0.25, -0.2) is 4.79 Å². The summed E-state index contributed by atoms with van der Waals surface area (Å²) in [7, 11) is 1.50. The number of nitro groups is 1. The van der Waals surface area contributed by atoms with Gasteiger partial charge in [0, 0.05) is 48.9 Å². The summed E-state index contributed by atoms with van der Waals surface area (Å²) < 4.78 is 5.12. The first-order valence-corrected chi connectivity index (χ1v) is 12.4. The number of carbonyl (C=O) groups excluding carboxylic acids is 3. The summed E-state index contributed by atoms with van der Waals surface area (Å²) >= 11 is 0. The third-order valence-electron chi connectivity index (χ3n) is 6.38. The van der Waals surface area contributed by atoms with Crippen molar-refractivity contribution in [2.24, 2.45) is 0 Å². The van der Waals surface area contributed by atoms with Gasteiger partial charge in [0.1, 0.15) is 5.75 Å². The second kappa shape index (κ2) is 12.5. The molecule has 14 nitrogen and oxygen atoms in total. The van der Waals surface area contributed by atoms with Gasteiger partial charge in [0.05, 0.1) is 24.5 Å². The van der Waals surface area contributed by atoms with E-state index < -0.39 is 47.4 Å². The zero-order valence-corrected chi connectivity index (χ0v) is 21.8. The number of nitrogens with one attached hydrogen (secondary N) is 2. The summed E-state index contributed by atoms with van der Waals surface area (Å²) in [5.41, 5.74) is 0.530. The number of nitrogens with zero attached hydrogens (tertiary/aromatic N) is 4. The molecular formula is C27H26N6O8. The molecule has 2 unspecified atom stereocenters. The minimum Gasteiger partial charge on any atom is -0.497 e. The second-order valence-corrected chi connectivity index (χ2v) is 8.97. The molecule has 0 radical (unpaired) electrons. The minimum absolute atomic E-state index is 0.00267. The Balaban J connectivity index is 1.64. The van der Waals surface area contributed by atoms with E-state index in [2.05, 4.69) is 15.6 Å². The topological polar surface area (TPSA) is 184 Å². The number of hydrogen-bond acceptors (Lipinski definition) is 8. The molecule has 1 saturated heterocycles. The average Bonchev–Trinajstić information content (AvgIpc) is 3.43. The number of urea groups is 1. The van der Waals surface area contributed by atoms with Crippen LogP contribution < -0.4 is 15.4 Å². The van der Waals surface area contributed by atoms with Gasteiger partial charge in [-0.15, -0.1) is 0 Å². The SMILES string of the molecule is COc1ccc(NC(=O)N2CCN(C(=O)c3ccncc3)C2C(=O)NC(CC(=O)O)c2cccc([N+](=O)[O-])c2)cc1. The molecule has 1 aliphatic heterocycles. The molecule has 3 N–H and O–H groups in total. The van der Waals surface area contributed by atoms with Crippen LogP contribution >= 0.6 is 0 Å². The van der Waals surface area contributed by atoms with Crippen LogP contribution in [0.15, 0.2) is 73.1 Å². The number of rotatable bonds is 9. The van der Waals surface area contributed by atoms with E-state index >= 15 is 0 Å². The van der Waals surface area contributed by atoms with Crippen molar-refractivity contribution in [1.82, 2.24) is 20.1 Å². The molecule has 4 amide bonds. The number of carbonyl (C=O) groups is 4. The number of hydrogen-bond donors (Lipinski definition) is 3. The maximum absolute atomic E-state index is 13.7. The Morgan fingerprint density at radius 1 is 1.07 bits per heavy atom. The third-order valence-corrected chi connectivity index (χ3v) is 6.38. The van der Waals surface area contributed by atoms with E-state index in [1.165, 1.54) is 54.7 Å². The van der Waals surface area contributed by atoms with E-state index in [-0.39, 0.29) is 29.9 Å². The van der Waals surface area contributed by atoms with E-state index in [1.807, 2.05) is 0 Å². The number of non-ortho nitro benzene ring substituents is 1. The Kier molecular flexibility index (Phi) is 8.72. The zero-order chi connectivity index (χ0) is 29.5. The summed E-state index contributed by atoms with van der Waals surface area (Å²) in [5.74, 6) is -2.09. The number of benzene rings is 2. The summed E-state index contributed by atoms with van der Waals surface area (Å²) in [4.78, 5) is 69.0. The van der Waals surface area contributed by atoms with Crippen LogP contribution in [0.1, 0.15) is 28.4 Å². The zero-order valence-electron chi connectivity index (χ0n) is 21.8. The standard InChI is InChI=1S/C27H26N6O8/c1-41-21-7-5-19(6-8-21)29-27(38)32-14-13-31(26(37)17-9-11-28-12-10-17)25(32)24(36)30-22(16-23(34)35)18-3-2-4-20(15-18)33(39)40/h2-12,15,22,25H,13-14,16H2,1H3,(H,29,38)(H,30,36)(H,34,35). The van der Waals surface area contributed by atoms with Crippen LogP contribution in [0.25, 0.3) is 0 Å². The molecule has 2 atom stereocenters. The molecule has 0 bridgehead atoms. The van der Waals surface area contributed by atoms with Crippen molar-refractivity contribution in [1.29, 1.82) is 0 Å². The molecule has 1 fully saturated rings. The Bertz CT molecular complexity index is 1450. The van der Waals surface area contributed by atoms with E-state index in [0.29, 0.717) is 11.4 Å². The molecule has 212 valence electrons. The van der Waals surface area contributed by atoms with Crippen molar-refractivity contribution in [3.8, 4) is 5.75 Å². The van der Waals surface area contributed by atoms with Gasteiger partial charge in [0.2, 0.25) is 0 Å². The lowest BCUT2D eigenvalue weighted by atomic mass is 10.0. The number of anilines is 1. The van der Waals surface area contributed by atoms with Gasteiger partial charge in [0.15, 0.2) is 6.17 Å². The van der Waals surface area contributed by atoms with Crippen LogP contribution in [0.4, 0.5) is 16.2 Å². The third kappa shape index (κ3) is 6.73. The molecule has 2 heterocycles. The maximum Gasteiger partial charge on any atom is 0.323 e. The van der Waals surface area contributed by atoms with Crippen LogP contribution in [0, 0.1) is 10.1 Å². The van der Waals surface area contributed by atoms with Crippen molar-refractivity contribution in [3.05, 3.63) is 94.3 Å². The molecule has 2 aromatic carbocycles. The fraction of sp³-hybridized carbons (Fsp3) is 0.222. The number of carboxylic acid groups (broad SMARTS) is 1. The lowest BCUT2D eigenvalue weighted by molar-refractivity contribution is -0.384. The molecule has 0 aliphatic carbocycles. The molecule has 1 aromatic heterocycles. The highest BCUT2D eigenvalue weighted by Gasteiger charge is 2.43. The van der Waals surface area contributed by atoms with E-state index in [1.54, 1.807) is 24.3 Å². The fourth-order valence-corrected chi connectivity index (χ4v) is 4.39. The first-order chi connectivity index (χ1) is 19.7. The molecule has 41 heavy (non-hydrogen) atoms. The molecule has 1 aliphatic rings. The summed E-state index contributed by atoms with van der Waals surface area (Å²) in [6.45, 7) is 0.00693. The monoisotopic (exact) mass is 562 g/mol. The first kappa shape index (κ1) is 28.5. The number of pyridine rings is 1. The number of aliphatic carboxylic acids is 1. The van der Waals surface area contributed by atoms with Gasteiger partial charge < -0.3 is 25.4 Å². The van der Waals surface area contributed by atoms with Crippen LogP contribution in [-0.4, -0.2) is 75.0 Å². The number of nitro benzene ring substituents is 1. The summed E-state index contributed by atoms with van der Waals surface area (Å²) in [6.07, 6.45) is 0.773. The number of aromatic nitrogens is 1. The predicted octanol–water partition coefficient (Wildman–Crippen LogP) is 2.65. The lowest BCUT2D eigenvalue weighted by Gasteiger charge is -2.31. The highest BCUT2D eigenvalue weighted by molar-refractivity contribution is 6.00. The Hall–Kier alpha value is -5.53. The van der Waals surface area contributed by atoms with E-state index in [0.717, 1.165) is 11.0 Å². The molecular weight excluding hydrogens is 536 g/mol. The first-order valence-electron chi connectivity index (χ1n) is 12.4. The van der Waals surface area contributed by atoms with Gasteiger partial charge in [-0.05, 0) is 42.0 Å². The average molecular weight is 563 g/mol. The van der Waals surface area contributed by atoms with E-state index in [9.17, 15) is 34.4 Å². The van der Waals surface area contributed by atoms with Crippen molar-refractivity contribution < 1.29 is 33.9 Å². The quantitative estimate of drug-likeness (QED) is 0.260. The van der Waals surface area contributed by atoms with Crippen molar-refractivity contribution in [3.63, 3.8) is 0 Å². The van der Waals surface area contributed by atoms with Crippen LogP contribution in [-0.2, 0) is 9.59 Å². The molecule has 0 spiro atoms. The van der Waals surface area contributed by atoms with Crippen LogP contribution in [0.2, 0.25) is 0 Å². The number of carboxylic acids is 1. The summed E-state index contributed by atoms with van der Waals surface area (Å²) in [5, 5.41) is 26.1. The van der Waals surface area contributed by atoms with Crippen LogP contribution in [0.5, 0.6) is 5.75 Å². The van der Waals surface area contributed by atoms with Crippen molar-refractivity contribution in [2.45, 2.75) is 18.6 Å². The summed E-state index contributed by atoms with van der Waals surface area (Å²) in [6, 6.07) is 12.8. The van der Waals surface area contributed by atoms with Crippen molar-refractivity contribution >= 4 is 35.2 Å². The minimum atomic E-state index is -1.45. The Morgan fingerprint density at radius 2 is 1.76 bits per heavy atom. The van der Waals surface area contributed by atoms with Gasteiger partial charge >= 0.3 is 12.0 Å². The van der Waals surface area contributed by atoms with Gasteiger partial charge in [-0.3, -0.25) is 34.4 Å². The van der Waals surface area contributed by atoms with E-state index in [4.69, 9.17) is 4.74 Å². The normalized spacial score (nSPS) is 15.1. The van der Waals surface area contributed by atoms with Crippen molar-refractivity contribution in [2.75, 3.05) is 25.5 Å². The van der Waals surface area contributed by atoms with Gasteiger partial charge in [-0.2, -0.15) is 0 Å². The smallest absolute Gasteiger partial charge is 0.323 e. The molecule has 14 heteroatoms. The fourth-order valence-electron chi connectivity index (χ4n) is 4.39. The second-order valence-electron chi connectivity index (χ2n) is 8.97. The molecule has 4 rings (SSSR count). The highest BCUT2D eigenvalue weighted by Crippen LogP contribution is 2.25. The van der Waals surface area contributed by atoms with Gasteiger partial charge in [-0.1, -0.05) is 12.1 Å². The van der Waals surface area contributed by atoms with Gasteiger partial charge in [0.25, 0.3) is 17.5 Å². The predicted molar refractivity (Wildman–Crippen MR) is 144 cm³/mol. The lowest BCUT2D eigenvalue weighted by Crippen LogP contribution is -2.55. The Morgan fingerprint density at radius 3 is 2.39 bits per heavy atom. The highest BCUT2D eigenvalue weighted by atomic mass is 16.6. The number of ether oxygens (including phenoxy) is 1. The maximum atomic E-state index is 13.7.